The maximum absolute atomic E-state index is 12.7. The van der Waals surface area contributed by atoms with Crippen LogP contribution in [0.3, 0.4) is 0 Å². The van der Waals surface area contributed by atoms with Gasteiger partial charge in [0.05, 0.1) is 10.7 Å². The van der Waals surface area contributed by atoms with Gasteiger partial charge in [-0.2, -0.15) is 8.42 Å². The van der Waals surface area contributed by atoms with Crippen molar-refractivity contribution in [1.82, 2.24) is 9.62 Å². The quantitative estimate of drug-likeness (QED) is 0.382. The predicted molar refractivity (Wildman–Crippen MR) is 129 cm³/mol. The van der Waals surface area contributed by atoms with Crippen LogP contribution in [0.15, 0.2) is 45.6 Å². The summed E-state index contributed by atoms with van der Waals surface area (Å²) >= 11 is 6.29. The van der Waals surface area contributed by atoms with Crippen LogP contribution in [0.4, 0.5) is 10.5 Å². The van der Waals surface area contributed by atoms with Gasteiger partial charge in [0.15, 0.2) is 5.75 Å². The summed E-state index contributed by atoms with van der Waals surface area (Å²) in [5.41, 5.74) is 1.81. The van der Waals surface area contributed by atoms with Gasteiger partial charge in [-0.25, -0.2) is 14.3 Å². The molecule has 1 heterocycles. The summed E-state index contributed by atoms with van der Waals surface area (Å²) < 4.78 is 38.7. The fourth-order valence-electron chi connectivity index (χ4n) is 3.01. The first-order valence-electron chi connectivity index (χ1n) is 9.46. The van der Waals surface area contributed by atoms with Gasteiger partial charge in [0.25, 0.3) is 10.2 Å². The summed E-state index contributed by atoms with van der Waals surface area (Å²) in [6.45, 7) is 1.77. The largest absolute Gasteiger partial charge is 0.422 e. The second-order valence-electron chi connectivity index (χ2n) is 7.22. The molecule has 3 aromatic rings. The smallest absolute Gasteiger partial charge is 0.414 e. The van der Waals surface area contributed by atoms with Crippen molar-refractivity contribution in [2.24, 2.45) is 0 Å². The normalized spacial score (nSPS) is 11.1. The van der Waals surface area contributed by atoms with Crippen molar-refractivity contribution in [2.45, 2.75) is 13.3 Å². The van der Waals surface area contributed by atoms with E-state index in [2.05, 4.69) is 9.44 Å². The molecule has 3 rings (SSSR count). The van der Waals surface area contributed by atoms with Gasteiger partial charge in [-0.05, 0) is 36.2 Å². The summed E-state index contributed by atoms with van der Waals surface area (Å²) in [4.78, 5) is 25.8. The number of rotatable bonds is 6. The van der Waals surface area contributed by atoms with E-state index in [1.807, 2.05) is 0 Å². The molecule has 0 aliphatic rings. The number of halogens is 1. The number of ether oxygens (including phenoxy) is 1. The molecule has 0 atom stereocenters. The molecule has 0 spiro atoms. The number of carbonyl (C=O) groups is 1. The molecule has 2 N–H and O–H groups in total. The minimum Gasteiger partial charge on any atom is -0.422 e. The number of anilines is 1. The van der Waals surface area contributed by atoms with Gasteiger partial charge in [0.1, 0.15) is 5.58 Å². The Hall–Kier alpha value is -1.44. The number of amides is 1. The molecule has 1 aromatic heterocycles. The van der Waals surface area contributed by atoms with E-state index in [4.69, 9.17) is 20.8 Å². The Morgan fingerprint density at radius 2 is 1.91 bits per heavy atom. The molecule has 171 valence electrons. The average Bonchev–Trinajstić information content (AvgIpc) is 2.72. The number of aryl methyl sites for hydroxylation is 1. The molecule has 0 unspecified atom stereocenters. The van der Waals surface area contributed by atoms with E-state index < -0.39 is 21.9 Å². The number of nitrogens with one attached hydrogen (secondary N) is 2. The van der Waals surface area contributed by atoms with Crippen LogP contribution in [0.1, 0.15) is 16.7 Å². The van der Waals surface area contributed by atoms with Crippen molar-refractivity contribution in [3.05, 3.63) is 68.5 Å². The Morgan fingerprint density at radius 3 is 2.55 bits per heavy atom. The third kappa shape index (κ3) is 6.79. The van der Waals surface area contributed by atoms with Crippen LogP contribution in [0, 0.1) is 6.92 Å². The molecule has 12 heteroatoms. The minimum absolute atomic E-state index is 0. The fraction of sp³-hybridized carbons (Fsp3) is 0.238. The molecule has 2 aromatic carbocycles. The monoisotopic (exact) mass is 518 g/mol. The van der Waals surface area contributed by atoms with E-state index in [1.54, 1.807) is 37.3 Å². The molecule has 33 heavy (non-hydrogen) atoms. The van der Waals surface area contributed by atoms with Gasteiger partial charge >= 0.3 is 11.7 Å². The van der Waals surface area contributed by atoms with Gasteiger partial charge in [-0.1, -0.05) is 23.7 Å². The summed E-state index contributed by atoms with van der Waals surface area (Å²) in [6, 6.07) is 9.68. The summed E-state index contributed by atoms with van der Waals surface area (Å²) in [7, 11) is 0.704. The van der Waals surface area contributed by atoms with Crippen LogP contribution in [0.5, 0.6) is 5.75 Å². The first-order valence-corrected chi connectivity index (χ1v) is 11.3. The van der Waals surface area contributed by atoms with Crippen LogP contribution in [0.25, 0.3) is 11.0 Å². The van der Waals surface area contributed by atoms with Crippen molar-refractivity contribution in [3.63, 3.8) is 0 Å². The van der Waals surface area contributed by atoms with Crippen LogP contribution >= 0.6 is 11.6 Å². The Bertz CT molecular complexity index is 1360. The summed E-state index contributed by atoms with van der Waals surface area (Å²) in [6.07, 6.45) is -0.399. The standard InChI is InChI=1S/C21H22ClN3O6S.K/c1-12-15-10-17(22)19(31-21(27)25(3)4)11-18(15)30-20(26)16(12)9-13-6-5-7-14(8-13)24-32(28,29)23-2;/h5-8,10-11,23-24H,9H2,1-4H3;. The molecule has 0 aliphatic carbocycles. The van der Waals surface area contributed by atoms with Crippen molar-refractivity contribution in [2.75, 3.05) is 25.9 Å². The first kappa shape index (κ1) is 27.8. The van der Waals surface area contributed by atoms with Gasteiger partial charge < -0.3 is 14.1 Å². The third-order valence-corrected chi connectivity index (χ3v) is 6.07. The number of hydrogen-bond donors (Lipinski definition) is 2. The Balaban J connectivity index is 0.00000385. The Morgan fingerprint density at radius 1 is 1.21 bits per heavy atom. The van der Waals surface area contributed by atoms with Gasteiger partial charge in [0.2, 0.25) is 0 Å². The van der Waals surface area contributed by atoms with Gasteiger partial charge in [0, 0.05) is 96.0 Å². The molecule has 0 saturated carbocycles. The fourth-order valence-corrected chi connectivity index (χ4v) is 3.75. The summed E-state index contributed by atoms with van der Waals surface area (Å²) in [5.74, 6) is 0.0812. The topological polar surface area (TPSA) is 118 Å². The maximum atomic E-state index is 12.7. The van der Waals surface area contributed by atoms with Crippen molar-refractivity contribution in [1.29, 1.82) is 0 Å². The SMILES string of the molecule is CNS(=O)(=O)Nc1cccc(Cc2c(C)c3cc(Cl)c(OC(=O)N(C)C)cc3oc2=O)c1.[K]. The van der Waals surface area contributed by atoms with E-state index in [9.17, 15) is 18.0 Å². The molecule has 0 saturated heterocycles. The number of benzene rings is 2. The molecular formula is C21H22ClKN3O6S. The number of fused-ring (bicyclic) bond motifs is 1. The molecule has 1 radical (unpaired) electrons. The van der Waals surface area contributed by atoms with Crippen LogP contribution < -0.4 is 19.8 Å². The van der Waals surface area contributed by atoms with Crippen molar-refractivity contribution >= 4 is 95.9 Å². The third-order valence-electron chi connectivity index (χ3n) is 4.73. The van der Waals surface area contributed by atoms with Gasteiger partial charge in [-0.3, -0.25) is 4.72 Å². The van der Waals surface area contributed by atoms with Crippen LogP contribution in [-0.2, 0) is 16.6 Å². The molecule has 0 fully saturated rings. The average molecular weight is 519 g/mol. The van der Waals surface area contributed by atoms with E-state index in [-0.39, 0.29) is 74.2 Å². The number of nitrogens with zero attached hydrogens (tertiary/aromatic N) is 1. The Labute approximate surface area is 239 Å². The predicted octanol–water partition coefficient (Wildman–Crippen LogP) is 2.90. The van der Waals surface area contributed by atoms with Crippen molar-refractivity contribution < 1.29 is 22.4 Å². The zero-order valence-corrected chi connectivity index (χ0v) is 23.5. The zero-order chi connectivity index (χ0) is 23.6. The molecule has 0 bridgehead atoms. The van der Waals surface area contributed by atoms with E-state index in [0.29, 0.717) is 27.8 Å². The van der Waals surface area contributed by atoms with Gasteiger partial charge in [-0.15, -0.1) is 0 Å². The van der Waals surface area contributed by atoms with Crippen molar-refractivity contribution in [3.8, 4) is 5.75 Å². The van der Waals surface area contributed by atoms with Crippen LogP contribution in [-0.4, -0.2) is 91.9 Å². The maximum Gasteiger partial charge on any atom is 0.414 e. The molecule has 9 nitrogen and oxygen atoms in total. The Kier molecular flexibility index (Phi) is 9.54. The van der Waals surface area contributed by atoms with Crippen LogP contribution in [0.2, 0.25) is 5.02 Å². The summed E-state index contributed by atoms with van der Waals surface area (Å²) in [5, 5.41) is 0.792. The first-order chi connectivity index (χ1) is 15.0. The van der Waals surface area contributed by atoms with E-state index in [0.717, 1.165) is 0 Å². The van der Waals surface area contributed by atoms with E-state index in [1.165, 1.54) is 32.1 Å². The minimum atomic E-state index is -3.66. The zero-order valence-electron chi connectivity index (χ0n) is 18.9. The molecule has 0 aliphatic heterocycles. The molecular weight excluding hydrogens is 497 g/mol. The second-order valence-corrected chi connectivity index (χ2v) is 9.25. The number of hydrogen-bond acceptors (Lipinski definition) is 6. The molecule has 1 amide bonds. The number of carbonyl (C=O) groups excluding carboxylic acids is 1. The van der Waals surface area contributed by atoms with E-state index >= 15 is 0 Å². The second kappa shape index (κ2) is 11.3.